The van der Waals surface area contributed by atoms with Gasteiger partial charge in [-0.2, -0.15) is 10.2 Å². The Balaban J connectivity index is 1.32. The third-order valence-corrected chi connectivity index (χ3v) is 12.6. The van der Waals surface area contributed by atoms with Gasteiger partial charge in [-0.1, -0.05) is 84.9 Å². The van der Waals surface area contributed by atoms with Gasteiger partial charge in [-0.05, 0) is 130 Å². The number of Topliss-reactive ketones (excluding diaryl/α,β-unsaturated/α-hetero) is 1. The van der Waals surface area contributed by atoms with Crippen molar-refractivity contribution in [2.75, 3.05) is 38.5 Å². The number of methoxy groups -OCH3 is 4. The van der Waals surface area contributed by atoms with E-state index in [1.54, 1.807) is 28.4 Å². The minimum absolute atomic E-state index is 0.0694. The number of ketones is 1. The van der Waals surface area contributed by atoms with Crippen LogP contribution in [-0.2, 0) is 15.9 Å². The smallest absolute Gasteiger partial charge is 0.199 e. The number of hydrazone groups is 2. The van der Waals surface area contributed by atoms with Gasteiger partial charge in [0, 0.05) is 0 Å². The lowest BCUT2D eigenvalue weighted by Gasteiger charge is -2.43. The molecule has 0 radical (unpaired) electrons. The molecule has 1 aliphatic carbocycles. The molecular formula is C53H44N4O5. The molecule has 306 valence electrons. The van der Waals surface area contributed by atoms with E-state index in [1.165, 1.54) is 0 Å². The number of hydrogen-bond donors (Lipinski definition) is 0. The van der Waals surface area contributed by atoms with Gasteiger partial charge in [0.25, 0.3) is 0 Å². The molecule has 4 atom stereocenters. The molecule has 7 aromatic carbocycles. The number of anilines is 2. The van der Waals surface area contributed by atoms with Crippen LogP contribution in [0.3, 0.4) is 0 Å². The molecule has 2 heterocycles. The Morgan fingerprint density at radius 2 is 0.710 bits per heavy atom. The Morgan fingerprint density at radius 3 is 1.03 bits per heavy atom. The summed E-state index contributed by atoms with van der Waals surface area (Å²) in [4.78, 5) is 17.6. The fourth-order valence-electron chi connectivity index (χ4n) is 9.83. The van der Waals surface area contributed by atoms with Gasteiger partial charge in [-0.3, -0.25) is 4.79 Å². The summed E-state index contributed by atoms with van der Waals surface area (Å²) in [6, 6.07) is 60.2. The molecule has 0 bridgehead atoms. The second-order valence-corrected chi connectivity index (χ2v) is 15.5. The summed E-state index contributed by atoms with van der Waals surface area (Å²) < 4.78 is 22.6. The maximum absolute atomic E-state index is 17.6. The van der Waals surface area contributed by atoms with Gasteiger partial charge in [0.2, 0.25) is 0 Å². The molecule has 0 aromatic heterocycles. The number of rotatable bonds is 10. The third kappa shape index (κ3) is 5.72. The molecule has 2 aliphatic heterocycles. The highest BCUT2D eigenvalue weighted by molar-refractivity contribution is 6.23. The normalized spacial score (nSPS) is 21.2. The number of ether oxygens (including phenoxy) is 4. The van der Waals surface area contributed by atoms with Crippen LogP contribution in [0.15, 0.2) is 192 Å². The molecule has 0 saturated carbocycles. The first-order valence-electron chi connectivity index (χ1n) is 20.6. The summed E-state index contributed by atoms with van der Waals surface area (Å²) >= 11 is 0. The average Bonchev–Trinajstić information content (AvgIpc) is 3.97. The van der Waals surface area contributed by atoms with Crippen LogP contribution in [-0.4, -0.2) is 45.6 Å². The van der Waals surface area contributed by atoms with Gasteiger partial charge in [0.15, 0.2) is 16.9 Å². The molecular weight excluding hydrogens is 773 g/mol. The summed E-state index contributed by atoms with van der Waals surface area (Å²) in [6.45, 7) is 0. The topological polar surface area (TPSA) is 85.2 Å². The maximum Gasteiger partial charge on any atom is 0.199 e. The number of hydrogen-bond acceptors (Lipinski definition) is 9. The summed E-state index contributed by atoms with van der Waals surface area (Å²) in [7, 11) is 6.63. The zero-order chi connectivity index (χ0) is 42.4. The van der Waals surface area contributed by atoms with E-state index in [4.69, 9.17) is 29.2 Å². The Morgan fingerprint density at radius 1 is 0.403 bits per heavy atom. The lowest BCUT2D eigenvalue weighted by molar-refractivity contribution is -0.129. The number of para-hydroxylation sites is 2. The predicted molar refractivity (Wildman–Crippen MR) is 243 cm³/mol. The highest BCUT2D eigenvalue weighted by Crippen LogP contribution is 2.66. The van der Waals surface area contributed by atoms with Crippen molar-refractivity contribution in [2.45, 2.75) is 22.9 Å². The van der Waals surface area contributed by atoms with Crippen molar-refractivity contribution in [2.24, 2.45) is 10.2 Å². The monoisotopic (exact) mass is 816 g/mol. The molecule has 9 nitrogen and oxygen atoms in total. The fraction of sp³-hybridized carbons (Fsp3) is 0.151. The molecule has 2 spiro atoms. The minimum atomic E-state index is -1.44. The van der Waals surface area contributed by atoms with E-state index in [-0.39, 0.29) is 5.78 Å². The molecule has 10 rings (SSSR count). The average molecular weight is 817 g/mol. The van der Waals surface area contributed by atoms with Crippen LogP contribution in [0.25, 0.3) is 0 Å². The maximum atomic E-state index is 17.6. The summed E-state index contributed by atoms with van der Waals surface area (Å²) in [5, 5.41) is 15.2. The zero-order valence-electron chi connectivity index (χ0n) is 34.8. The van der Waals surface area contributed by atoms with Crippen molar-refractivity contribution >= 4 is 28.6 Å². The van der Waals surface area contributed by atoms with E-state index in [0.717, 1.165) is 67.7 Å². The van der Waals surface area contributed by atoms with Crippen molar-refractivity contribution in [3.8, 4) is 23.0 Å². The number of carbonyl (C=O) groups excluding carboxylic acids is 1. The van der Waals surface area contributed by atoms with Crippen LogP contribution in [0, 0.1) is 0 Å². The Kier molecular flexibility index (Phi) is 9.59. The van der Waals surface area contributed by atoms with Crippen molar-refractivity contribution in [1.29, 1.82) is 0 Å². The SMILES string of the molecule is COc1ccc(C2=NN(c3ccccc3)[C@]3(C(=O)[C@]4(c5ccccc53)[C@H](c3ccc(OC)cc3)C(c3ccc(OC)cc3)=NN4c3ccccc3)[C@H]2c2ccc(OC)cc2)cc1. The number of carbonyl (C=O) groups is 1. The summed E-state index contributed by atoms with van der Waals surface area (Å²) in [5.41, 5.74) is 5.36. The van der Waals surface area contributed by atoms with Crippen molar-refractivity contribution < 1.29 is 23.7 Å². The minimum Gasteiger partial charge on any atom is -0.497 e. The highest BCUT2D eigenvalue weighted by atomic mass is 16.5. The van der Waals surface area contributed by atoms with Gasteiger partial charge in [-0.15, -0.1) is 0 Å². The van der Waals surface area contributed by atoms with Crippen LogP contribution < -0.4 is 29.0 Å². The van der Waals surface area contributed by atoms with E-state index in [2.05, 4.69) is 36.4 Å². The van der Waals surface area contributed by atoms with Gasteiger partial charge in [0.05, 0.1) is 63.1 Å². The first-order valence-corrected chi connectivity index (χ1v) is 20.6. The fourth-order valence-corrected chi connectivity index (χ4v) is 9.83. The van der Waals surface area contributed by atoms with Crippen molar-refractivity contribution in [3.63, 3.8) is 0 Å². The van der Waals surface area contributed by atoms with Gasteiger partial charge < -0.3 is 18.9 Å². The van der Waals surface area contributed by atoms with Gasteiger partial charge in [0.1, 0.15) is 23.0 Å². The molecule has 9 heteroatoms. The molecule has 0 saturated heterocycles. The predicted octanol–water partition coefficient (Wildman–Crippen LogP) is 10.1. The standard InChI is InChI=1S/C53H44N4O5/c1-59-41-27-19-35(20-28-41)47-49(37-23-31-43(61-3)32-24-37)54-56(39-13-7-5-8-14-39)52(47)45-17-11-12-18-46(45)53(51(52)58)48(36-21-29-42(60-2)30-22-36)50(38-25-33-44(62-4)34-26-38)55-57(53)40-15-9-6-10-16-40/h5-34,47-48H,1-4H3/t47-,48+,52-,53-/m0/s1. The highest BCUT2D eigenvalue weighted by Gasteiger charge is 2.75. The van der Waals surface area contributed by atoms with Crippen LogP contribution in [0.1, 0.15) is 45.2 Å². The van der Waals surface area contributed by atoms with E-state index >= 15 is 4.79 Å². The second kappa shape index (κ2) is 15.4. The van der Waals surface area contributed by atoms with Gasteiger partial charge >= 0.3 is 0 Å². The first-order chi connectivity index (χ1) is 30.5. The summed E-state index contributed by atoms with van der Waals surface area (Å²) in [6.07, 6.45) is 0. The van der Waals surface area contributed by atoms with E-state index < -0.39 is 22.9 Å². The van der Waals surface area contributed by atoms with Gasteiger partial charge in [-0.25, -0.2) is 10.0 Å². The Hall–Kier alpha value is -7.65. The van der Waals surface area contributed by atoms with Crippen LogP contribution in [0.2, 0.25) is 0 Å². The third-order valence-electron chi connectivity index (χ3n) is 12.6. The Bertz CT molecular complexity index is 2620. The largest absolute Gasteiger partial charge is 0.497 e. The number of benzene rings is 7. The lowest BCUT2D eigenvalue weighted by atomic mass is 9.66. The summed E-state index contributed by atoms with van der Waals surface area (Å²) in [5.74, 6) is 1.56. The van der Waals surface area contributed by atoms with Crippen molar-refractivity contribution in [1.82, 2.24) is 0 Å². The lowest BCUT2D eigenvalue weighted by Crippen LogP contribution is -2.58. The molecule has 0 unspecified atom stereocenters. The first kappa shape index (κ1) is 38.5. The Labute approximate surface area is 361 Å². The zero-order valence-corrected chi connectivity index (χ0v) is 34.8. The number of nitrogens with zero attached hydrogens (tertiary/aromatic N) is 4. The van der Waals surface area contributed by atoms with Crippen LogP contribution in [0.4, 0.5) is 11.4 Å². The molecule has 0 amide bonds. The number of fused-ring (bicyclic) bond motifs is 3. The molecule has 0 N–H and O–H groups in total. The van der Waals surface area contributed by atoms with E-state index in [0.29, 0.717) is 11.5 Å². The molecule has 62 heavy (non-hydrogen) atoms. The quantitative estimate of drug-likeness (QED) is 0.136. The molecule has 7 aromatic rings. The van der Waals surface area contributed by atoms with Crippen molar-refractivity contribution in [3.05, 3.63) is 215 Å². The van der Waals surface area contributed by atoms with E-state index in [9.17, 15) is 0 Å². The molecule has 3 aliphatic rings. The molecule has 0 fully saturated rings. The van der Waals surface area contributed by atoms with E-state index in [1.807, 2.05) is 156 Å². The second-order valence-electron chi connectivity index (χ2n) is 15.5. The van der Waals surface area contributed by atoms with Crippen LogP contribution in [0.5, 0.6) is 23.0 Å². The van der Waals surface area contributed by atoms with Crippen LogP contribution >= 0.6 is 0 Å².